The number of carbonyl (C=O) groups is 1. The van der Waals surface area contributed by atoms with E-state index >= 15 is 0 Å². The van der Waals surface area contributed by atoms with Crippen molar-refractivity contribution in [2.45, 2.75) is 13.8 Å². The van der Waals surface area contributed by atoms with Gasteiger partial charge in [0.2, 0.25) is 5.89 Å². The van der Waals surface area contributed by atoms with E-state index in [0.717, 1.165) is 17.0 Å². The Bertz CT molecular complexity index is 845. The molecular formula is C20H17NO3. The molecule has 1 heterocycles. The van der Waals surface area contributed by atoms with Gasteiger partial charge >= 0.3 is 5.97 Å². The van der Waals surface area contributed by atoms with Crippen LogP contribution in [0.5, 0.6) is 0 Å². The fourth-order valence-electron chi connectivity index (χ4n) is 2.18. The van der Waals surface area contributed by atoms with Gasteiger partial charge in [-0.3, -0.25) is 0 Å². The molecule has 0 atom stereocenters. The topological polar surface area (TPSA) is 52.3 Å². The molecule has 2 aromatic carbocycles. The number of rotatable bonds is 4. The molecular weight excluding hydrogens is 302 g/mol. The summed E-state index contributed by atoms with van der Waals surface area (Å²) in [4.78, 5) is 16.7. The van der Waals surface area contributed by atoms with Crippen molar-refractivity contribution in [1.82, 2.24) is 4.98 Å². The number of hydrogen-bond acceptors (Lipinski definition) is 4. The lowest BCUT2D eigenvalue weighted by Gasteiger charge is -2.08. The predicted molar refractivity (Wildman–Crippen MR) is 92.1 cm³/mol. The maximum absolute atomic E-state index is 12.4. The fraction of sp³-hybridized carbons (Fsp3) is 0.100. The lowest BCUT2D eigenvalue weighted by Crippen LogP contribution is -2.04. The van der Waals surface area contributed by atoms with Crippen molar-refractivity contribution in [3.8, 4) is 0 Å². The Morgan fingerprint density at radius 3 is 2.08 bits per heavy atom. The zero-order valence-corrected chi connectivity index (χ0v) is 13.5. The van der Waals surface area contributed by atoms with Gasteiger partial charge in [-0.25, -0.2) is 9.78 Å². The summed E-state index contributed by atoms with van der Waals surface area (Å²) in [6, 6.07) is 18.3. The molecule has 0 aliphatic carbocycles. The van der Waals surface area contributed by atoms with Gasteiger partial charge in [-0.15, -0.1) is 0 Å². The van der Waals surface area contributed by atoms with Crippen molar-refractivity contribution in [3.63, 3.8) is 0 Å². The summed E-state index contributed by atoms with van der Waals surface area (Å²) in [7, 11) is 0. The Labute approximate surface area is 140 Å². The lowest BCUT2D eigenvalue weighted by molar-refractivity contribution is 0.0693. The largest absolute Gasteiger partial charge is 0.442 e. The van der Waals surface area contributed by atoms with Gasteiger partial charge in [-0.2, -0.15) is 0 Å². The van der Waals surface area contributed by atoms with Gasteiger partial charge in [0.25, 0.3) is 0 Å². The molecule has 1 aromatic heterocycles. The number of aromatic nitrogens is 1. The van der Waals surface area contributed by atoms with Crippen molar-refractivity contribution < 1.29 is 13.9 Å². The van der Waals surface area contributed by atoms with Crippen molar-refractivity contribution >= 4 is 17.8 Å². The molecule has 0 radical (unpaired) electrons. The number of oxazole rings is 1. The molecule has 3 rings (SSSR count). The second kappa shape index (κ2) is 6.96. The number of nitrogens with zero attached hydrogens (tertiary/aromatic N) is 1. The minimum Gasteiger partial charge on any atom is -0.442 e. The number of aryl methyl sites for hydroxylation is 2. The quantitative estimate of drug-likeness (QED) is 0.519. The zero-order chi connectivity index (χ0) is 16.9. The van der Waals surface area contributed by atoms with Crippen molar-refractivity contribution in [1.29, 1.82) is 0 Å². The van der Waals surface area contributed by atoms with Crippen LogP contribution in [-0.2, 0) is 4.74 Å². The Morgan fingerprint density at radius 2 is 1.54 bits per heavy atom. The van der Waals surface area contributed by atoms with Gasteiger partial charge in [0.1, 0.15) is 11.5 Å². The van der Waals surface area contributed by atoms with Crippen LogP contribution < -0.4 is 0 Å². The average Bonchev–Trinajstić information content (AvgIpc) is 2.93. The Kier molecular flexibility index (Phi) is 4.57. The summed E-state index contributed by atoms with van der Waals surface area (Å²) in [6.07, 6.45) is 1.64. The number of esters is 1. The molecule has 0 aliphatic heterocycles. The van der Waals surface area contributed by atoms with Crippen LogP contribution >= 0.6 is 0 Å². The highest BCUT2D eigenvalue weighted by molar-refractivity contribution is 5.94. The van der Waals surface area contributed by atoms with E-state index in [4.69, 9.17) is 9.15 Å². The monoisotopic (exact) mass is 319 g/mol. The minimum atomic E-state index is -0.425. The highest BCUT2D eigenvalue weighted by Crippen LogP contribution is 2.22. The second-order valence-electron chi connectivity index (χ2n) is 5.32. The fourth-order valence-corrected chi connectivity index (χ4v) is 2.18. The number of carbonyl (C=O) groups excluding carboxylic acids is 1. The lowest BCUT2D eigenvalue weighted by atomic mass is 10.1. The van der Waals surface area contributed by atoms with Crippen LogP contribution in [0, 0.1) is 13.8 Å². The van der Waals surface area contributed by atoms with Gasteiger partial charge in [0.15, 0.2) is 0 Å². The minimum absolute atomic E-state index is 0.394. The van der Waals surface area contributed by atoms with E-state index in [0.29, 0.717) is 17.2 Å². The SMILES string of the molecule is Cc1nc(/C=C(\OC(=O)c2ccccc2)c2ccccc2)oc1C. The highest BCUT2D eigenvalue weighted by atomic mass is 16.5. The molecule has 3 aromatic rings. The molecule has 0 bridgehead atoms. The molecule has 4 heteroatoms. The van der Waals surface area contributed by atoms with E-state index in [1.54, 1.807) is 30.3 Å². The molecule has 0 unspecified atom stereocenters. The van der Waals surface area contributed by atoms with Crippen LogP contribution in [0.3, 0.4) is 0 Å². The van der Waals surface area contributed by atoms with Crippen LogP contribution in [0.25, 0.3) is 11.8 Å². The molecule has 120 valence electrons. The first-order valence-electron chi connectivity index (χ1n) is 7.62. The molecule has 0 saturated carbocycles. The van der Waals surface area contributed by atoms with Crippen LogP contribution in [0.1, 0.15) is 33.3 Å². The highest BCUT2D eigenvalue weighted by Gasteiger charge is 2.13. The van der Waals surface area contributed by atoms with E-state index in [2.05, 4.69) is 4.98 Å². The molecule has 0 spiro atoms. The van der Waals surface area contributed by atoms with Crippen LogP contribution in [0.4, 0.5) is 0 Å². The Morgan fingerprint density at radius 1 is 0.958 bits per heavy atom. The molecule has 4 nitrogen and oxygen atoms in total. The summed E-state index contributed by atoms with van der Waals surface area (Å²) in [5.74, 6) is 1.11. The normalized spacial score (nSPS) is 11.3. The first kappa shape index (κ1) is 15.7. The molecule has 0 fully saturated rings. The Balaban J connectivity index is 1.95. The third-order valence-electron chi connectivity index (χ3n) is 3.57. The van der Waals surface area contributed by atoms with Crippen LogP contribution in [0.15, 0.2) is 65.1 Å². The molecule has 0 aliphatic rings. The van der Waals surface area contributed by atoms with Gasteiger partial charge in [0, 0.05) is 11.6 Å². The molecule has 0 saturated heterocycles. The number of benzene rings is 2. The number of hydrogen-bond donors (Lipinski definition) is 0. The average molecular weight is 319 g/mol. The van der Waals surface area contributed by atoms with E-state index in [1.807, 2.05) is 50.2 Å². The summed E-state index contributed by atoms with van der Waals surface area (Å²) >= 11 is 0. The molecule has 0 amide bonds. The zero-order valence-electron chi connectivity index (χ0n) is 13.5. The van der Waals surface area contributed by atoms with Crippen molar-refractivity contribution in [2.75, 3.05) is 0 Å². The summed E-state index contributed by atoms with van der Waals surface area (Å²) < 4.78 is 11.2. The summed E-state index contributed by atoms with van der Waals surface area (Å²) in [5.41, 5.74) is 2.07. The van der Waals surface area contributed by atoms with E-state index < -0.39 is 5.97 Å². The van der Waals surface area contributed by atoms with Crippen molar-refractivity contribution in [2.24, 2.45) is 0 Å². The van der Waals surface area contributed by atoms with Crippen molar-refractivity contribution in [3.05, 3.63) is 89.1 Å². The van der Waals surface area contributed by atoms with E-state index in [9.17, 15) is 4.79 Å². The third-order valence-corrected chi connectivity index (χ3v) is 3.57. The van der Waals surface area contributed by atoms with E-state index in [1.165, 1.54) is 0 Å². The smallest absolute Gasteiger partial charge is 0.343 e. The predicted octanol–water partition coefficient (Wildman–Crippen LogP) is 4.65. The van der Waals surface area contributed by atoms with E-state index in [-0.39, 0.29) is 0 Å². The maximum atomic E-state index is 12.4. The molecule has 0 N–H and O–H groups in total. The number of ether oxygens (including phenoxy) is 1. The first-order valence-corrected chi connectivity index (χ1v) is 7.62. The van der Waals surface area contributed by atoms with Gasteiger partial charge in [-0.1, -0.05) is 48.5 Å². The second-order valence-corrected chi connectivity index (χ2v) is 5.32. The van der Waals surface area contributed by atoms with Gasteiger partial charge < -0.3 is 9.15 Å². The Hall–Kier alpha value is -3.14. The standard InChI is InChI=1S/C20H17NO3/c1-14-15(2)23-19(21-14)13-18(16-9-5-3-6-10-16)24-20(22)17-11-7-4-8-12-17/h3-13H,1-2H3/b18-13-. The third kappa shape index (κ3) is 3.60. The molecule has 24 heavy (non-hydrogen) atoms. The van der Waals surface area contributed by atoms with Gasteiger partial charge in [0.05, 0.1) is 11.3 Å². The van der Waals surface area contributed by atoms with Crippen LogP contribution in [0.2, 0.25) is 0 Å². The summed E-state index contributed by atoms with van der Waals surface area (Å²) in [5, 5.41) is 0. The van der Waals surface area contributed by atoms with Gasteiger partial charge in [-0.05, 0) is 26.0 Å². The van der Waals surface area contributed by atoms with Crippen LogP contribution in [-0.4, -0.2) is 11.0 Å². The first-order chi connectivity index (χ1) is 11.6. The summed E-state index contributed by atoms with van der Waals surface area (Å²) in [6.45, 7) is 3.71. The maximum Gasteiger partial charge on any atom is 0.343 e.